The molecule has 5 nitrogen and oxygen atoms in total. The molecule has 1 heterocycles. The van der Waals surface area contributed by atoms with E-state index in [1.165, 1.54) is 103 Å². The first-order valence-corrected chi connectivity index (χ1v) is 15.1. The van der Waals surface area contributed by atoms with Crippen LogP contribution >= 0.6 is 7.82 Å². The second-order valence-electron chi connectivity index (χ2n) is 10.2. The maximum absolute atomic E-state index is 12.1. The monoisotopic (exact) mass is 474 g/mol. The van der Waals surface area contributed by atoms with Gasteiger partial charge in [0.15, 0.2) is 6.26 Å². The molecule has 1 aliphatic rings. The zero-order valence-electron chi connectivity index (χ0n) is 21.5. The Morgan fingerprint density at radius 3 is 1.75 bits per heavy atom. The van der Waals surface area contributed by atoms with E-state index in [-0.39, 0.29) is 6.61 Å². The van der Waals surface area contributed by atoms with Crippen molar-refractivity contribution < 1.29 is 23.0 Å². The Morgan fingerprint density at radius 2 is 1.28 bits per heavy atom. The lowest BCUT2D eigenvalue weighted by Crippen LogP contribution is -2.41. The molecule has 190 valence electrons. The third-order valence-electron chi connectivity index (χ3n) is 6.75. The number of rotatable bonds is 20. The lowest BCUT2D eigenvalue weighted by Gasteiger charge is -2.34. The molecule has 1 saturated heterocycles. The third-order valence-corrected chi connectivity index (χ3v) is 7.63. The van der Waals surface area contributed by atoms with E-state index in [2.05, 4.69) is 21.0 Å². The number of hydrogen-bond donors (Lipinski definition) is 1. The first kappa shape index (κ1) is 29.7. The van der Waals surface area contributed by atoms with E-state index in [4.69, 9.17) is 9.05 Å². The van der Waals surface area contributed by atoms with Gasteiger partial charge in [-0.15, -0.1) is 0 Å². The molecule has 1 aliphatic heterocycles. The van der Waals surface area contributed by atoms with Gasteiger partial charge in [0, 0.05) is 6.42 Å². The number of phosphoric acid groups is 1. The van der Waals surface area contributed by atoms with E-state index >= 15 is 0 Å². The maximum Gasteiger partial charge on any atom is 0.527 e. The normalized spacial score (nSPS) is 19.2. The molecule has 0 aliphatic carbocycles. The van der Waals surface area contributed by atoms with Crippen molar-refractivity contribution in [1.82, 2.24) is 0 Å². The molecule has 0 saturated carbocycles. The van der Waals surface area contributed by atoms with Gasteiger partial charge in [0.05, 0.1) is 27.2 Å². The summed E-state index contributed by atoms with van der Waals surface area (Å²) in [4.78, 5) is 9.90. The summed E-state index contributed by atoms with van der Waals surface area (Å²) in [7, 11) is 0.219. The number of nitrogens with zero attached hydrogens (tertiary/aromatic N) is 1. The van der Waals surface area contributed by atoms with Crippen molar-refractivity contribution in [3.63, 3.8) is 0 Å². The Labute approximate surface area is 199 Å². The summed E-state index contributed by atoms with van der Waals surface area (Å²) < 4.78 is 23.1. The van der Waals surface area contributed by atoms with Crippen molar-refractivity contribution in [2.24, 2.45) is 0 Å². The average Bonchev–Trinajstić information content (AvgIpc) is 2.75. The summed E-state index contributed by atoms with van der Waals surface area (Å²) in [6.45, 7) is 3.59. The molecule has 0 radical (unpaired) electrons. The van der Waals surface area contributed by atoms with Crippen LogP contribution in [0.2, 0.25) is 0 Å². The number of quaternary nitrogens is 1. The van der Waals surface area contributed by atoms with E-state index in [9.17, 15) is 9.46 Å². The molecule has 0 bridgehead atoms. The van der Waals surface area contributed by atoms with Crippen LogP contribution in [0.3, 0.4) is 0 Å². The topological polar surface area (TPSA) is 55.8 Å². The molecule has 0 aromatic rings. The van der Waals surface area contributed by atoms with Gasteiger partial charge in [0.1, 0.15) is 5.70 Å². The van der Waals surface area contributed by atoms with Gasteiger partial charge in [0.25, 0.3) is 0 Å². The van der Waals surface area contributed by atoms with Crippen LogP contribution in [0.25, 0.3) is 0 Å². The highest BCUT2D eigenvalue weighted by Gasteiger charge is 2.28. The van der Waals surface area contributed by atoms with Gasteiger partial charge < -0.3 is 4.52 Å². The highest BCUT2D eigenvalue weighted by atomic mass is 31.2. The van der Waals surface area contributed by atoms with Gasteiger partial charge in [-0.3, -0.25) is 13.9 Å². The fourth-order valence-electron chi connectivity index (χ4n) is 4.45. The lowest BCUT2D eigenvalue weighted by molar-refractivity contribution is -0.858. The van der Waals surface area contributed by atoms with E-state index < -0.39 is 7.82 Å². The van der Waals surface area contributed by atoms with Gasteiger partial charge in [-0.1, -0.05) is 103 Å². The molecule has 1 fully saturated rings. The Morgan fingerprint density at radius 1 is 0.812 bits per heavy atom. The fraction of sp³-hybridized carbons (Fsp3) is 0.923. The highest BCUT2D eigenvalue weighted by molar-refractivity contribution is 7.47. The Balaban J connectivity index is 1.90. The summed E-state index contributed by atoms with van der Waals surface area (Å²) in [5.41, 5.74) is 1.05. The molecular formula is C26H53NO4P+. The number of piperidine rings is 1. The predicted octanol–water partition coefficient (Wildman–Crippen LogP) is 8.48. The van der Waals surface area contributed by atoms with Gasteiger partial charge in [0.2, 0.25) is 0 Å². The van der Waals surface area contributed by atoms with E-state index in [1.54, 1.807) is 0 Å². The van der Waals surface area contributed by atoms with Crippen LogP contribution in [0.15, 0.2) is 12.0 Å². The van der Waals surface area contributed by atoms with Crippen LogP contribution < -0.4 is 0 Å². The summed E-state index contributed by atoms with van der Waals surface area (Å²) >= 11 is 0. The van der Waals surface area contributed by atoms with Crippen LogP contribution in [-0.4, -0.2) is 36.6 Å². The smallest absolute Gasteiger partial charge is 0.406 e. The van der Waals surface area contributed by atoms with Gasteiger partial charge in [-0.05, 0) is 19.3 Å². The fourth-order valence-corrected chi connectivity index (χ4v) is 5.12. The van der Waals surface area contributed by atoms with Gasteiger partial charge in [-0.25, -0.2) is 4.57 Å². The van der Waals surface area contributed by atoms with E-state index in [1.807, 2.05) is 0 Å². The second kappa shape index (κ2) is 18.0. The van der Waals surface area contributed by atoms with E-state index in [0.29, 0.717) is 0 Å². The SMILES string of the molecule is CCCCCCCCCCCCCCCCCCOP(=O)(O)OC=C1CCCC[N+]1(C)C. The minimum Gasteiger partial charge on any atom is -0.406 e. The summed E-state index contributed by atoms with van der Waals surface area (Å²) in [6.07, 6.45) is 25.6. The molecule has 1 unspecified atom stereocenters. The Bertz CT molecular complexity index is 536. The van der Waals surface area contributed by atoms with Crippen molar-refractivity contribution in [3.05, 3.63) is 12.0 Å². The number of phosphoric ester groups is 1. The molecule has 0 spiro atoms. The van der Waals surface area contributed by atoms with Crippen LogP contribution in [0.5, 0.6) is 0 Å². The number of likely N-dealkylation sites (tertiary alicyclic amines) is 1. The quantitative estimate of drug-likeness (QED) is 0.0832. The number of allylic oxidation sites excluding steroid dienone is 1. The molecule has 6 heteroatoms. The largest absolute Gasteiger partial charge is 0.527 e. The van der Waals surface area contributed by atoms with Crippen LogP contribution in [0.1, 0.15) is 129 Å². The molecule has 0 amide bonds. The first-order chi connectivity index (χ1) is 15.4. The van der Waals surface area contributed by atoms with Crippen molar-refractivity contribution in [2.45, 2.75) is 129 Å². The molecule has 1 N–H and O–H groups in total. The summed E-state index contributed by atoms with van der Waals surface area (Å²) in [6, 6.07) is 0. The van der Waals surface area contributed by atoms with Crippen molar-refractivity contribution in [3.8, 4) is 0 Å². The van der Waals surface area contributed by atoms with Crippen LogP contribution in [0.4, 0.5) is 0 Å². The molecule has 1 rings (SSSR count). The maximum atomic E-state index is 12.1. The van der Waals surface area contributed by atoms with Gasteiger partial charge >= 0.3 is 7.82 Å². The predicted molar refractivity (Wildman–Crippen MR) is 135 cm³/mol. The summed E-state index contributed by atoms with van der Waals surface area (Å²) in [5, 5.41) is 0. The Hall–Kier alpha value is -0.350. The highest BCUT2D eigenvalue weighted by Crippen LogP contribution is 2.44. The van der Waals surface area contributed by atoms with Crippen molar-refractivity contribution >= 4 is 7.82 Å². The third kappa shape index (κ3) is 15.5. The number of unbranched alkanes of at least 4 members (excludes halogenated alkanes) is 15. The number of hydrogen-bond acceptors (Lipinski definition) is 3. The average molecular weight is 475 g/mol. The van der Waals surface area contributed by atoms with Crippen LogP contribution in [0, 0.1) is 0 Å². The molecule has 0 aromatic heterocycles. The zero-order valence-corrected chi connectivity index (χ0v) is 22.4. The van der Waals surface area contributed by atoms with E-state index in [0.717, 1.165) is 42.4 Å². The minimum atomic E-state index is -3.99. The summed E-state index contributed by atoms with van der Waals surface area (Å²) in [5.74, 6) is 0. The van der Waals surface area contributed by atoms with Crippen molar-refractivity contribution in [1.29, 1.82) is 0 Å². The van der Waals surface area contributed by atoms with Gasteiger partial charge in [-0.2, -0.15) is 0 Å². The van der Waals surface area contributed by atoms with Crippen molar-refractivity contribution in [2.75, 3.05) is 27.2 Å². The molecule has 32 heavy (non-hydrogen) atoms. The lowest BCUT2D eigenvalue weighted by atomic mass is 10.0. The molecule has 1 atom stereocenters. The minimum absolute atomic E-state index is 0.285. The Kier molecular flexibility index (Phi) is 16.7. The first-order valence-electron chi connectivity index (χ1n) is 13.6. The second-order valence-corrected chi connectivity index (χ2v) is 11.6. The molecular weight excluding hydrogens is 421 g/mol. The molecule has 0 aromatic carbocycles. The zero-order chi connectivity index (χ0) is 23.5. The standard InChI is InChI=1S/C26H52NO4P/c1-4-5-6-7-8-9-10-11-12-13-14-15-16-17-18-21-24-30-32(28,29)31-25-26-22-19-20-23-27(26,2)3/h25H,4-24H2,1-3H3/p+1. The van der Waals surface area contributed by atoms with Crippen LogP contribution in [-0.2, 0) is 13.6 Å².